The zero-order valence-electron chi connectivity index (χ0n) is 12.6. The minimum Gasteiger partial charge on any atom is -0.298 e. The summed E-state index contributed by atoms with van der Waals surface area (Å²) >= 11 is 3.02. The number of fused-ring (bicyclic) bond motifs is 2. The first kappa shape index (κ1) is 14.3. The van der Waals surface area contributed by atoms with E-state index < -0.39 is 0 Å². The molecule has 1 amide bonds. The van der Waals surface area contributed by atoms with Crippen molar-refractivity contribution in [2.45, 2.75) is 13.8 Å². The SMILES string of the molecule is Cc1cc2nc(NC(=O)c3ccc4ncsc4c3)sc2cc1C. The van der Waals surface area contributed by atoms with Crippen LogP contribution < -0.4 is 5.32 Å². The van der Waals surface area contributed by atoms with Gasteiger partial charge in [-0.1, -0.05) is 11.3 Å². The van der Waals surface area contributed by atoms with Gasteiger partial charge in [0.15, 0.2) is 5.13 Å². The van der Waals surface area contributed by atoms with Crippen molar-refractivity contribution in [1.29, 1.82) is 0 Å². The highest BCUT2D eigenvalue weighted by atomic mass is 32.1. The third-order valence-electron chi connectivity index (χ3n) is 3.82. The van der Waals surface area contributed by atoms with E-state index in [2.05, 4.69) is 41.3 Å². The quantitative estimate of drug-likeness (QED) is 0.572. The van der Waals surface area contributed by atoms with E-state index in [1.165, 1.54) is 33.8 Å². The van der Waals surface area contributed by atoms with Crippen molar-refractivity contribution in [2.75, 3.05) is 5.32 Å². The second-order valence-corrected chi connectivity index (χ2v) is 7.33. The lowest BCUT2D eigenvalue weighted by Crippen LogP contribution is -2.11. The number of benzene rings is 2. The highest BCUT2D eigenvalue weighted by Gasteiger charge is 2.12. The molecule has 0 saturated carbocycles. The number of carbonyl (C=O) groups excluding carboxylic acids is 1. The standard InChI is InChI=1S/C17H13N3OS2/c1-9-5-13-15(6-10(9)2)23-17(19-13)20-16(21)11-3-4-12-14(7-11)22-8-18-12/h3-8H,1-2H3,(H,19,20,21). The number of thiazole rings is 2. The summed E-state index contributed by atoms with van der Waals surface area (Å²) in [5.74, 6) is -0.146. The van der Waals surface area contributed by atoms with Gasteiger partial charge >= 0.3 is 0 Å². The minimum atomic E-state index is -0.146. The van der Waals surface area contributed by atoms with Gasteiger partial charge in [0.05, 0.1) is 25.9 Å². The highest BCUT2D eigenvalue weighted by molar-refractivity contribution is 7.22. The van der Waals surface area contributed by atoms with Gasteiger partial charge in [-0.2, -0.15) is 0 Å². The fraction of sp³-hybridized carbons (Fsp3) is 0.118. The van der Waals surface area contributed by atoms with Crippen LogP contribution in [0.5, 0.6) is 0 Å². The van der Waals surface area contributed by atoms with E-state index in [1.807, 2.05) is 12.1 Å². The Morgan fingerprint density at radius 3 is 2.74 bits per heavy atom. The van der Waals surface area contributed by atoms with E-state index >= 15 is 0 Å². The van der Waals surface area contributed by atoms with Crippen LogP contribution in [0.2, 0.25) is 0 Å². The molecule has 4 aromatic rings. The molecule has 0 saturated heterocycles. The molecule has 23 heavy (non-hydrogen) atoms. The molecule has 0 radical (unpaired) electrons. The van der Waals surface area contributed by atoms with Crippen LogP contribution in [0.4, 0.5) is 5.13 Å². The van der Waals surface area contributed by atoms with Gasteiger partial charge in [0.25, 0.3) is 5.91 Å². The molecule has 0 spiro atoms. The summed E-state index contributed by atoms with van der Waals surface area (Å²) in [5.41, 5.74) is 6.67. The predicted molar refractivity (Wildman–Crippen MR) is 96.7 cm³/mol. The lowest BCUT2D eigenvalue weighted by atomic mass is 10.1. The molecule has 2 aromatic carbocycles. The van der Waals surface area contributed by atoms with E-state index in [9.17, 15) is 4.79 Å². The second-order valence-electron chi connectivity index (χ2n) is 5.41. The Kier molecular flexibility index (Phi) is 3.36. The van der Waals surface area contributed by atoms with Crippen LogP contribution in [-0.4, -0.2) is 15.9 Å². The normalized spacial score (nSPS) is 11.2. The zero-order valence-corrected chi connectivity index (χ0v) is 14.2. The molecule has 2 heterocycles. The number of amides is 1. The van der Waals surface area contributed by atoms with Crippen molar-refractivity contribution in [3.05, 3.63) is 52.5 Å². The van der Waals surface area contributed by atoms with Crippen molar-refractivity contribution in [1.82, 2.24) is 9.97 Å². The number of hydrogen-bond donors (Lipinski definition) is 1. The summed E-state index contributed by atoms with van der Waals surface area (Å²) in [5, 5.41) is 3.52. The van der Waals surface area contributed by atoms with Crippen LogP contribution in [-0.2, 0) is 0 Å². The maximum Gasteiger partial charge on any atom is 0.257 e. The fourth-order valence-corrected chi connectivity index (χ4v) is 4.06. The molecule has 6 heteroatoms. The Bertz CT molecular complexity index is 1010. The largest absolute Gasteiger partial charge is 0.298 e. The van der Waals surface area contributed by atoms with Gasteiger partial charge in [-0.25, -0.2) is 9.97 Å². The van der Waals surface area contributed by atoms with Gasteiger partial charge in [-0.3, -0.25) is 10.1 Å². The number of hydrogen-bond acceptors (Lipinski definition) is 5. The van der Waals surface area contributed by atoms with Gasteiger partial charge in [0.2, 0.25) is 0 Å². The molecule has 0 aliphatic rings. The van der Waals surface area contributed by atoms with E-state index in [-0.39, 0.29) is 5.91 Å². The maximum atomic E-state index is 12.4. The third-order valence-corrected chi connectivity index (χ3v) is 5.54. The summed E-state index contributed by atoms with van der Waals surface area (Å²) < 4.78 is 2.09. The Morgan fingerprint density at radius 1 is 1.04 bits per heavy atom. The van der Waals surface area contributed by atoms with Crippen molar-refractivity contribution in [2.24, 2.45) is 0 Å². The Morgan fingerprint density at radius 2 is 1.87 bits per heavy atom. The van der Waals surface area contributed by atoms with Gasteiger partial charge in [-0.05, 0) is 55.3 Å². The van der Waals surface area contributed by atoms with E-state index in [0.717, 1.165) is 20.4 Å². The maximum absolute atomic E-state index is 12.4. The van der Waals surface area contributed by atoms with Crippen LogP contribution in [0, 0.1) is 13.8 Å². The Balaban J connectivity index is 1.65. The molecule has 0 bridgehead atoms. The third kappa shape index (κ3) is 2.60. The van der Waals surface area contributed by atoms with E-state index in [4.69, 9.17) is 0 Å². The number of carbonyl (C=O) groups is 1. The summed E-state index contributed by atoms with van der Waals surface area (Å²) in [6.45, 7) is 4.15. The first-order chi connectivity index (χ1) is 11.1. The number of aromatic nitrogens is 2. The highest BCUT2D eigenvalue weighted by Crippen LogP contribution is 2.29. The molecule has 1 N–H and O–H groups in total. The van der Waals surface area contributed by atoms with Crippen molar-refractivity contribution < 1.29 is 4.79 Å². The molecule has 0 aliphatic carbocycles. The molecule has 0 fully saturated rings. The smallest absolute Gasteiger partial charge is 0.257 e. The van der Waals surface area contributed by atoms with Crippen molar-refractivity contribution in [3.63, 3.8) is 0 Å². The number of anilines is 1. The molecule has 0 atom stereocenters. The predicted octanol–water partition coefficient (Wildman–Crippen LogP) is 4.78. The molecule has 4 rings (SSSR count). The Labute approximate surface area is 140 Å². The molecule has 0 unspecified atom stereocenters. The van der Waals surface area contributed by atoms with Crippen LogP contribution in [0.3, 0.4) is 0 Å². The molecule has 4 nitrogen and oxygen atoms in total. The molecule has 114 valence electrons. The molecule has 2 aromatic heterocycles. The number of rotatable bonds is 2. The summed E-state index contributed by atoms with van der Waals surface area (Å²) in [6, 6.07) is 9.69. The zero-order chi connectivity index (χ0) is 16.0. The van der Waals surface area contributed by atoms with E-state index in [0.29, 0.717) is 10.7 Å². The van der Waals surface area contributed by atoms with Crippen LogP contribution in [0.15, 0.2) is 35.8 Å². The van der Waals surface area contributed by atoms with Gasteiger partial charge in [-0.15, -0.1) is 11.3 Å². The summed E-state index contributed by atoms with van der Waals surface area (Å²) in [4.78, 5) is 21.2. The Hall–Kier alpha value is -2.31. The van der Waals surface area contributed by atoms with Gasteiger partial charge in [0, 0.05) is 5.56 Å². The summed E-state index contributed by atoms with van der Waals surface area (Å²) in [6.07, 6.45) is 0. The number of nitrogens with one attached hydrogen (secondary N) is 1. The lowest BCUT2D eigenvalue weighted by Gasteiger charge is -2.01. The number of aryl methyl sites for hydroxylation is 2. The molecular weight excluding hydrogens is 326 g/mol. The molecular formula is C17H13N3OS2. The van der Waals surface area contributed by atoms with Crippen molar-refractivity contribution >= 4 is 54.1 Å². The summed E-state index contributed by atoms with van der Waals surface area (Å²) in [7, 11) is 0. The topological polar surface area (TPSA) is 54.9 Å². The molecule has 0 aliphatic heterocycles. The van der Waals surface area contributed by atoms with Gasteiger partial charge < -0.3 is 0 Å². The lowest BCUT2D eigenvalue weighted by molar-refractivity contribution is 0.102. The fourth-order valence-electron chi connectivity index (χ4n) is 2.40. The first-order valence-electron chi connectivity index (χ1n) is 7.12. The second kappa shape index (κ2) is 5.40. The minimum absolute atomic E-state index is 0.146. The number of nitrogens with zero attached hydrogens (tertiary/aromatic N) is 2. The average Bonchev–Trinajstić information content (AvgIpc) is 3.13. The monoisotopic (exact) mass is 339 g/mol. The average molecular weight is 339 g/mol. The van der Waals surface area contributed by atoms with Crippen LogP contribution >= 0.6 is 22.7 Å². The van der Waals surface area contributed by atoms with Gasteiger partial charge in [0.1, 0.15) is 0 Å². The van der Waals surface area contributed by atoms with E-state index in [1.54, 1.807) is 11.6 Å². The van der Waals surface area contributed by atoms with Crippen molar-refractivity contribution in [3.8, 4) is 0 Å². The van der Waals surface area contributed by atoms with Crippen LogP contribution in [0.1, 0.15) is 21.5 Å². The first-order valence-corrected chi connectivity index (χ1v) is 8.82. The van der Waals surface area contributed by atoms with Crippen LogP contribution in [0.25, 0.3) is 20.4 Å².